The first-order chi connectivity index (χ1) is 16.6. The fraction of sp³-hybridized carbons (Fsp3) is 0.444. The minimum absolute atomic E-state index is 0.280. The number of ether oxygens (including phenoxy) is 3. The number of aromatic nitrogens is 2. The number of hydrogen-bond acceptors (Lipinski definition) is 5. The van der Waals surface area contributed by atoms with Crippen molar-refractivity contribution in [3.05, 3.63) is 78.1 Å². The second-order valence-electron chi connectivity index (χ2n) is 8.90. The number of aryl methyl sites for hydroxylation is 1. The molecule has 7 heteroatoms. The van der Waals surface area contributed by atoms with Crippen LogP contribution in [0.3, 0.4) is 0 Å². The number of imidazole rings is 1. The van der Waals surface area contributed by atoms with Gasteiger partial charge in [0.15, 0.2) is 11.6 Å². The molecule has 1 aromatic heterocycles. The first-order valence-electron chi connectivity index (χ1n) is 11.9. The highest BCUT2D eigenvalue weighted by Crippen LogP contribution is 2.29. The predicted octanol–water partition coefficient (Wildman–Crippen LogP) is 4.86. The maximum absolute atomic E-state index is 13.9. The summed E-state index contributed by atoms with van der Waals surface area (Å²) in [5.74, 6) is 1.81. The summed E-state index contributed by atoms with van der Waals surface area (Å²) in [7, 11) is 1.73. The van der Waals surface area contributed by atoms with Gasteiger partial charge in [-0.25, -0.2) is 9.37 Å². The van der Waals surface area contributed by atoms with Crippen molar-refractivity contribution in [3.8, 4) is 11.5 Å². The fourth-order valence-electron chi connectivity index (χ4n) is 4.41. The number of hydrogen-bond donors (Lipinski definition) is 0. The molecule has 0 amide bonds. The predicted molar refractivity (Wildman–Crippen MR) is 130 cm³/mol. The minimum Gasteiger partial charge on any atom is -0.492 e. The molecule has 1 atom stereocenters. The Kier molecular flexibility index (Phi) is 8.19. The third-order valence-corrected chi connectivity index (χ3v) is 6.60. The van der Waals surface area contributed by atoms with Crippen LogP contribution in [-0.4, -0.2) is 53.5 Å². The van der Waals surface area contributed by atoms with Crippen LogP contribution in [0.5, 0.6) is 11.5 Å². The summed E-state index contributed by atoms with van der Waals surface area (Å²) in [6.07, 6.45) is 6.50. The largest absolute Gasteiger partial charge is 0.492 e. The summed E-state index contributed by atoms with van der Waals surface area (Å²) in [4.78, 5) is 6.68. The summed E-state index contributed by atoms with van der Waals surface area (Å²) < 4.78 is 33.6. The molecule has 1 fully saturated rings. The van der Waals surface area contributed by atoms with E-state index in [1.165, 1.54) is 11.6 Å². The van der Waals surface area contributed by atoms with Crippen molar-refractivity contribution in [2.24, 2.45) is 0 Å². The van der Waals surface area contributed by atoms with Crippen LogP contribution in [0.25, 0.3) is 0 Å². The Morgan fingerprint density at radius 2 is 1.85 bits per heavy atom. The molecular weight excluding hydrogens is 433 g/mol. The Bertz CT molecular complexity index is 1040. The van der Waals surface area contributed by atoms with Crippen LogP contribution in [-0.2, 0) is 17.8 Å². The molecule has 0 bridgehead atoms. The normalized spacial score (nSPS) is 19.0. The van der Waals surface area contributed by atoms with Crippen molar-refractivity contribution < 1.29 is 18.6 Å². The zero-order valence-electron chi connectivity index (χ0n) is 20.1. The number of methoxy groups -OCH3 is 1. The molecule has 2 aromatic carbocycles. The van der Waals surface area contributed by atoms with E-state index in [-0.39, 0.29) is 11.6 Å². The van der Waals surface area contributed by atoms with Crippen LogP contribution >= 0.6 is 0 Å². The van der Waals surface area contributed by atoms with Crippen LogP contribution in [0.15, 0.2) is 60.9 Å². The quantitative estimate of drug-likeness (QED) is 0.426. The van der Waals surface area contributed by atoms with Gasteiger partial charge in [0, 0.05) is 32.6 Å². The van der Waals surface area contributed by atoms with Crippen LogP contribution in [0.1, 0.15) is 30.7 Å². The van der Waals surface area contributed by atoms with Crippen LogP contribution < -0.4 is 9.47 Å². The molecule has 2 heterocycles. The van der Waals surface area contributed by atoms with Crippen LogP contribution in [0.4, 0.5) is 4.39 Å². The van der Waals surface area contributed by atoms with Crippen molar-refractivity contribution in [3.63, 3.8) is 0 Å². The Hall–Kier alpha value is -2.90. The van der Waals surface area contributed by atoms with E-state index in [9.17, 15) is 4.39 Å². The van der Waals surface area contributed by atoms with Gasteiger partial charge in [0.1, 0.15) is 30.4 Å². The molecule has 1 aliphatic rings. The van der Waals surface area contributed by atoms with Gasteiger partial charge in [0.25, 0.3) is 0 Å². The lowest BCUT2D eigenvalue weighted by molar-refractivity contribution is -0.0548. The molecule has 182 valence electrons. The highest BCUT2D eigenvalue weighted by atomic mass is 19.1. The molecule has 3 aromatic rings. The maximum atomic E-state index is 13.9. The first-order valence-corrected chi connectivity index (χ1v) is 11.9. The third kappa shape index (κ3) is 6.36. The third-order valence-electron chi connectivity index (χ3n) is 6.60. The van der Waals surface area contributed by atoms with E-state index in [0.29, 0.717) is 13.2 Å². The smallest absolute Gasteiger partial charge is 0.165 e. The number of nitrogens with zero attached hydrogens (tertiary/aromatic N) is 3. The van der Waals surface area contributed by atoms with E-state index in [1.54, 1.807) is 31.5 Å². The SMILES string of the molecule is CO[C@@]1(COc2ccccc2F)CCCN(Cc2ccc(OCCn3ccnc3C)cc2)CC1. The second-order valence-corrected chi connectivity index (χ2v) is 8.90. The standard InChI is InChI=1S/C27H34FN3O3/c1-22-29-14-17-31(22)18-19-33-24-10-8-23(9-11-24)20-30-15-5-12-27(32-2,13-16-30)21-34-26-7-4-3-6-25(26)28/h3-4,6-11,14,17H,5,12-13,15-16,18-21H2,1-2H3/t27-/m0/s1. The molecule has 0 radical (unpaired) electrons. The molecule has 1 aliphatic heterocycles. The summed E-state index contributed by atoms with van der Waals surface area (Å²) in [5, 5.41) is 0. The Morgan fingerprint density at radius 3 is 2.59 bits per heavy atom. The average Bonchev–Trinajstić information content (AvgIpc) is 3.15. The molecule has 6 nitrogen and oxygen atoms in total. The lowest BCUT2D eigenvalue weighted by Crippen LogP contribution is -2.39. The van der Waals surface area contributed by atoms with Crippen LogP contribution in [0, 0.1) is 12.7 Å². The van der Waals surface area contributed by atoms with E-state index >= 15 is 0 Å². The first kappa shape index (κ1) is 24.2. The van der Waals surface area contributed by atoms with E-state index in [2.05, 4.69) is 26.6 Å². The molecule has 34 heavy (non-hydrogen) atoms. The van der Waals surface area contributed by atoms with Gasteiger partial charge in [0.05, 0.1) is 6.54 Å². The highest BCUT2D eigenvalue weighted by molar-refractivity contribution is 5.27. The van der Waals surface area contributed by atoms with Crippen molar-refractivity contribution in [1.82, 2.24) is 14.5 Å². The monoisotopic (exact) mass is 467 g/mol. The zero-order chi connectivity index (χ0) is 23.8. The summed E-state index contributed by atoms with van der Waals surface area (Å²) in [6.45, 7) is 6.50. The van der Waals surface area contributed by atoms with Crippen LogP contribution in [0.2, 0.25) is 0 Å². The number of rotatable bonds is 10. The number of likely N-dealkylation sites (tertiary alicyclic amines) is 1. The molecule has 0 aliphatic carbocycles. The average molecular weight is 468 g/mol. The molecular formula is C27H34FN3O3. The van der Waals surface area contributed by atoms with Gasteiger partial charge < -0.3 is 18.8 Å². The second kappa shape index (κ2) is 11.5. The van der Waals surface area contributed by atoms with Crippen molar-refractivity contribution in [2.45, 2.75) is 44.9 Å². The van der Waals surface area contributed by atoms with E-state index in [0.717, 1.165) is 57.0 Å². The number of halogens is 1. The fourth-order valence-corrected chi connectivity index (χ4v) is 4.41. The molecule has 0 spiro atoms. The van der Waals surface area contributed by atoms with Gasteiger partial charge in [0.2, 0.25) is 0 Å². The molecule has 4 rings (SSSR count). The van der Waals surface area contributed by atoms with Crippen molar-refractivity contribution in [1.29, 1.82) is 0 Å². The lowest BCUT2D eigenvalue weighted by Gasteiger charge is -2.31. The van der Waals surface area contributed by atoms with Gasteiger partial charge in [-0.3, -0.25) is 4.90 Å². The maximum Gasteiger partial charge on any atom is 0.165 e. The van der Waals surface area contributed by atoms with Gasteiger partial charge in [-0.2, -0.15) is 0 Å². The topological polar surface area (TPSA) is 48.8 Å². The molecule has 1 saturated heterocycles. The molecule has 0 saturated carbocycles. The van der Waals surface area contributed by atoms with Crippen molar-refractivity contribution in [2.75, 3.05) is 33.4 Å². The number of benzene rings is 2. The molecule has 0 N–H and O–H groups in total. The zero-order valence-corrected chi connectivity index (χ0v) is 20.1. The van der Waals surface area contributed by atoms with E-state index in [1.807, 2.05) is 25.3 Å². The lowest BCUT2D eigenvalue weighted by atomic mass is 9.95. The Morgan fingerprint density at radius 1 is 1.03 bits per heavy atom. The van der Waals surface area contributed by atoms with Crippen molar-refractivity contribution >= 4 is 0 Å². The van der Waals surface area contributed by atoms with Gasteiger partial charge in [-0.15, -0.1) is 0 Å². The minimum atomic E-state index is -0.400. The number of para-hydroxylation sites is 1. The summed E-state index contributed by atoms with van der Waals surface area (Å²) in [5.41, 5.74) is 0.854. The van der Waals surface area contributed by atoms with Gasteiger partial charge in [-0.1, -0.05) is 24.3 Å². The highest BCUT2D eigenvalue weighted by Gasteiger charge is 2.34. The summed E-state index contributed by atoms with van der Waals surface area (Å²) in [6, 6.07) is 14.9. The Balaban J connectivity index is 1.25. The van der Waals surface area contributed by atoms with Gasteiger partial charge in [-0.05, 0) is 62.6 Å². The molecule has 0 unspecified atom stereocenters. The van der Waals surface area contributed by atoms with E-state index in [4.69, 9.17) is 14.2 Å². The summed E-state index contributed by atoms with van der Waals surface area (Å²) >= 11 is 0. The Labute approximate surface area is 201 Å². The van der Waals surface area contributed by atoms with Gasteiger partial charge >= 0.3 is 0 Å². The van der Waals surface area contributed by atoms with E-state index < -0.39 is 5.60 Å².